The second kappa shape index (κ2) is 3.35. The Labute approximate surface area is 61.4 Å². The summed E-state index contributed by atoms with van der Waals surface area (Å²) in [4.78, 5) is 10.7. The lowest BCUT2D eigenvalue weighted by Gasteiger charge is -2.12. The number of hydrogen-bond donors (Lipinski definition) is 0. The highest BCUT2D eigenvalue weighted by Gasteiger charge is 2.10. The maximum atomic E-state index is 10.7. The number of allylic oxidation sites excluding steroid dienone is 3. The molecule has 0 heterocycles. The molecule has 1 nitrogen and oxygen atoms in total. The van der Waals surface area contributed by atoms with Gasteiger partial charge in [-0.25, -0.2) is 0 Å². The minimum Gasteiger partial charge on any atom is -0.295 e. The van der Waals surface area contributed by atoms with Crippen molar-refractivity contribution in [1.29, 1.82) is 0 Å². The van der Waals surface area contributed by atoms with E-state index in [2.05, 4.69) is 6.58 Å². The van der Waals surface area contributed by atoms with Crippen LogP contribution in [0.2, 0.25) is 0 Å². The molecule has 0 aliphatic heterocycles. The molecule has 10 heavy (non-hydrogen) atoms. The number of hydrogen-bond acceptors (Lipinski definition) is 1. The quantitative estimate of drug-likeness (QED) is 0.531. The Morgan fingerprint density at radius 3 is 3.10 bits per heavy atom. The summed E-state index contributed by atoms with van der Waals surface area (Å²) in [5.74, 6) is 0.829. The molecule has 0 radical (unpaired) electrons. The molecular weight excluding hydrogens is 124 g/mol. The van der Waals surface area contributed by atoms with Gasteiger partial charge >= 0.3 is 0 Å². The highest BCUT2D eigenvalue weighted by Crippen LogP contribution is 2.18. The second-order valence-electron chi connectivity index (χ2n) is 2.65. The standard InChI is InChI=1S/C9H12O/c1-2-3-8-4-6-9(10)7-5-8/h2,4,6,8H,1,3,5,7H2/t8-/m0/s1. The van der Waals surface area contributed by atoms with Gasteiger partial charge in [0.15, 0.2) is 5.78 Å². The van der Waals surface area contributed by atoms with E-state index in [9.17, 15) is 4.79 Å². The zero-order valence-electron chi connectivity index (χ0n) is 6.05. The third-order valence-corrected chi connectivity index (χ3v) is 1.79. The summed E-state index contributed by atoms with van der Waals surface area (Å²) in [7, 11) is 0. The van der Waals surface area contributed by atoms with Crippen LogP contribution in [0.3, 0.4) is 0 Å². The van der Waals surface area contributed by atoms with E-state index in [0.717, 1.165) is 19.3 Å². The molecule has 1 heteroatoms. The minimum atomic E-state index is 0.264. The smallest absolute Gasteiger partial charge is 0.155 e. The molecule has 1 atom stereocenters. The van der Waals surface area contributed by atoms with E-state index in [1.54, 1.807) is 6.08 Å². The fraction of sp³-hybridized carbons (Fsp3) is 0.444. The number of carbonyl (C=O) groups is 1. The molecule has 0 aromatic carbocycles. The van der Waals surface area contributed by atoms with Crippen molar-refractivity contribution in [1.82, 2.24) is 0 Å². The van der Waals surface area contributed by atoms with Crippen LogP contribution in [0.1, 0.15) is 19.3 Å². The lowest BCUT2D eigenvalue weighted by molar-refractivity contribution is -0.115. The van der Waals surface area contributed by atoms with Crippen LogP contribution in [0.5, 0.6) is 0 Å². The predicted molar refractivity (Wildman–Crippen MR) is 41.7 cm³/mol. The van der Waals surface area contributed by atoms with Gasteiger partial charge in [0.25, 0.3) is 0 Å². The summed E-state index contributed by atoms with van der Waals surface area (Å²) in [6.45, 7) is 3.65. The van der Waals surface area contributed by atoms with E-state index in [0.29, 0.717) is 5.92 Å². The van der Waals surface area contributed by atoms with Crippen LogP contribution in [0.25, 0.3) is 0 Å². The van der Waals surface area contributed by atoms with Crippen LogP contribution in [-0.4, -0.2) is 5.78 Å². The van der Waals surface area contributed by atoms with Gasteiger partial charge in [-0.1, -0.05) is 12.2 Å². The van der Waals surface area contributed by atoms with Crippen LogP contribution in [0.4, 0.5) is 0 Å². The molecule has 0 saturated heterocycles. The van der Waals surface area contributed by atoms with Gasteiger partial charge in [0.2, 0.25) is 0 Å². The van der Waals surface area contributed by atoms with Gasteiger partial charge in [0.05, 0.1) is 0 Å². The highest BCUT2D eigenvalue weighted by atomic mass is 16.1. The van der Waals surface area contributed by atoms with Crippen molar-refractivity contribution in [2.45, 2.75) is 19.3 Å². The molecule has 1 aliphatic carbocycles. The van der Waals surface area contributed by atoms with Crippen LogP contribution in [0, 0.1) is 5.92 Å². The third kappa shape index (κ3) is 1.83. The summed E-state index contributed by atoms with van der Waals surface area (Å²) in [5.41, 5.74) is 0. The summed E-state index contributed by atoms with van der Waals surface area (Å²) >= 11 is 0. The molecule has 1 rings (SSSR count). The van der Waals surface area contributed by atoms with Gasteiger partial charge in [-0.3, -0.25) is 4.79 Å². The Morgan fingerprint density at radius 2 is 2.60 bits per heavy atom. The third-order valence-electron chi connectivity index (χ3n) is 1.79. The van der Waals surface area contributed by atoms with E-state index in [-0.39, 0.29) is 5.78 Å². The molecule has 54 valence electrons. The molecule has 0 amide bonds. The van der Waals surface area contributed by atoms with Gasteiger partial charge in [0.1, 0.15) is 0 Å². The first kappa shape index (κ1) is 7.26. The topological polar surface area (TPSA) is 17.1 Å². The number of carbonyl (C=O) groups excluding carboxylic acids is 1. The van der Waals surface area contributed by atoms with Crippen LogP contribution in [-0.2, 0) is 4.79 Å². The Bertz CT molecular complexity index is 168. The number of rotatable bonds is 2. The van der Waals surface area contributed by atoms with Crippen LogP contribution < -0.4 is 0 Å². The van der Waals surface area contributed by atoms with Crippen molar-refractivity contribution in [3.8, 4) is 0 Å². The fourth-order valence-corrected chi connectivity index (χ4v) is 1.16. The van der Waals surface area contributed by atoms with Crippen molar-refractivity contribution in [2.75, 3.05) is 0 Å². The van der Waals surface area contributed by atoms with Gasteiger partial charge in [-0.05, 0) is 24.8 Å². The summed E-state index contributed by atoms with van der Waals surface area (Å²) in [5, 5.41) is 0. The first-order chi connectivity index (χ1) is 4.83. The predicted octanol–water partition coefficient (Wildman–Crippen LogP) is 2.10. The lowest BCUT2D eigenvalue weighted by atomic mass is 9.93. The van der Waals surface area contributed by atoms with Crippen molar-refractivity contribution in [3.63, 3.8) is 0 Å². The van der Waals surface area contributed by atoms with Gasteiger partial charge in [0, 0.05) is 6.42 Å². The minimum absolute atomic E-state index is 0.264. The zero-order chi connectivity index (χ0) is 7.40. The average Bonchev–Trinajstić information content (AvgIpc) is 1.95. The maximum absolute atomic E-state index is 10.7. The Kier molecular flexibility index (Phi) is 2.43. The van der Waals surface area contributed by atoms with Crippen LogP contribution >= 0.6 is 0 Å². The van der Waals surface area contributed by atoms with E-state index < -0.39 is 0 Å². The molecule has 0 saturated carbocycles. The Balaban J connectivity index is 2.44. The Hall–Kier alpha value is -0.850. The highest BCUT2D eigenvalue weighted by molar-refractivity contribution is 5.90. The van der Waals surface area contributed by atoms with Crippen molar-refractivity contribution >= 4 is 5.78 Å². The zero-order valence-corrected chi connectivity index (χ0v) is 6.05. The first-order valence-electron chi connectivity index (χ1n) is 3.65. The molecule has 0 aromatic rings. The van der Waals surface area contributed by atoms with E-state index in [1.807, 2.05) is 12.2 Å². The molecule has 0 spiro atoms. The molecule has 0 N–H and O–H groups in total. The molecule has 0 aromatic heterocycles. The monoisotopic (exact) mass is 136 g/mol. The molecule has 1 aliphatic rings. The van der Waals surface area contributed by atoms with Gasteiger partial charge in [-0.15, -0.1) is 6.58 Å². The van der Waals surface area contributed by atoms with Gasteiger partial charge in [-0.2, -0.15) is 0 Å². The molecular formula is C9H12O. The van der Waals surface area contributed by atoms with Crippen molar-refractivity contribution < 1.29 is 4.79 Å². The lowest BCUT2D eigenvalue weighted by Crippen LogP contribution is -2.06. The van der Waals surface area contributed by atoms with E-state index >= 15 is 0 Å². The summed E-state index contributed by atoms with van der Waals surface area (Å²) in [6, 6.07) is 0. The summed E-state index contributed by atoms with van der Waals surface area (Å²) < 4.78 is 0. The molecule has 0 unspecified atom stereocenters. The average molecular weight is 136 g/mol. The van der Waals surface area contributed by atoms with Gasteiger partial charge < -0.3 is 0 Å². The summed E-state index contributed by atoms with van der Waals surface area (Å²) in [6.07, 6.45) is 8.32. The van der Waals surface area contributed by atoms with Crippen LogP contribution in [0.15, 0.2) is 24.8 Å². The van der Waals surface area contributed by atoms with Crippen molar-refractivity contribution in [3.05, 3.63) is 24.8 Å². The first-order valence-corrected chi connectivity index (χ1v) is 3.65. The maximum Gasteiger partial charge on any atom is 0.155 e. The largest absolute Gasteiger partial charge is 0.295 e. The fourth-order valence-electron chi connectivity index (χ4n) is 1.16. The molecule has 0 fully saturated rings. The van der Waals surface area contributed by atoms with E-state index in [1.165, 1.54) is 0 Å². The molecule has 0 bridgehead atoms. The van der Waals surface area contributed by atoms with Crippen molar-refractivity contribution in [2.24, 2.45) is 5.92 Å². The normalized spacial score (nSPS) is 24.8. The Morgan fingerprint density at radius 1 is 1.80 bits per heavy atom. The number of ketones is 1. The van der Waals surface area contributed by atoms with E-state index in [4.69, 9.17) is 0 Å². The SMILES string of the molecule is C=CC[C@H]1C=CC(=O)CC1. The second-order valence-corrected chi connectivity index (χ2v) is 2.65.